The molecule has 0 spiro atoms. The van der Waals surface area contributed by atoms with E-state index in [1.807, 2.05) is 24.5 Å². The lowest BCUT2D eigenvalue weighted by atomic mass is 9.82. The molecule has 3 aliphatic rings. The van der Waals surface area contributed by atoms with Crippen molar-refractivity contribution in [1.82, 2.24) is 24.5 Å². The summed E-state index contributed by atoms with van der Waals surface area (Å²) in [5.74, 6) is 3.49. The number of hydrogen-bond acceptors (Lipinski definition) is 9. The summed E-state index contributed by atoms with van der Waals surface area (Å²) in [6.45, 7) is 6.51. The standard InChI is InChI=1S/C32H35N7O3/c1-32(2,40)19-42-23-10-24(31-22(11-33)14-36-39(31)16-23)21-5-8-29(34-13-21)37-17-25-26(18-37)28-7-6-27(25)38(28)15-20-4-9-30(41-3)35-12-20/h4-5,8-10,12-14,16,25-28,40H,6-7,15,17-19H2,1-3H3/t25-,26+,27?,28?. The van der Waals surface area contributed by atoms with Gasteiger partial charge in [0, 0.05) is 61.3 Å². The van der Waals surface area contributed by atoms with Crippen LogP contribution >= 0.6 is 0 Å². The molecule has 3 fully saturated rings. The first kappa shape index (κ1) is 26.7. The number of fused-ring (bicyclic) bond motifs is 6. The summed E-state index contributed by atoms with van der Waals surface area (Å²) in [5.41, 5.74) is 3.16. The van der Waals surface area contributed by atoms with Crippen molar-refractivity contribution in [2.75, 3.05) is 31.7 Å². The summed E-state index contributed by atoms with van der Waals surface area (Å²) in [6.07, 6.45) is 9.63. The van der Waals surface area contributed by atoms with Crippen molar-refractivity contribution < 1.29 is 14.6 Å². The van der Waals surface area contributed by atoms with Crippen LogP contribution in [0.25, 0.3) is 16.6 Å². The summed E-state index contributed by atoms with van der Waals surface area (Å²) in [6, 6.07) is 13.6. The Kier molecular flexibility index (Phi) is 6.52. The van der Waals surface area contributed by atoms with Crippen LogP contribution in [0.3, 0.4) is 0 Å². The number of nitrogens with zero attached hydrogens (tertiary/aromatic N) is 7. The number of hydrogen-bond donors (Lipinski definition) is 1. The van der Waals surface area contributed by atoms with Crippen molar-refractivity contribution in [2.45, 2.75) is 50.9 Å². The zero-order valence-electron chi connectivity index (χ0n) is 24.1. The van der Waals surface area contributed by atoms with Gasteiger partial charge in [-0.2, -0.15) is 10.4 Å². The topological polar surface area (TPSA) is 112 Å². The first-order valence-corrected chi connectivity index (χ1v) is 14.5. The van der Waals surface area contributed by atoms with E-state index in [-0.39, 0.29) is 6.61 Å². The van der Waals surface area contributed by atoms with Crippen LogP contribution in [-0.4, -0.2) is 74.1 Å². The Morgan fingerprint density at radius 1 is 1.05 bits per heavy atom. The van der Waals surface area contributed by atoms with Gasteiger partial charge in [0.05, 0.1) is 36.2 Å². The Morgan fingerprint density at radius 2 is 1.83 bits per heavy atom. The van der Waals surface area contributed by atoms with E-state index in [1.165, 1.54) is 18.4 Å². The summed E-state index contributed by atoms with van der Waals surface area (Å²) in [7, 11) is 1.65. The van der Waals surface area contributed by atoms with Gasteiger partial charge in [-0.3, -0.25) is 4.90 Å². The lowest BCUT2D eigenvalue weighted by Gasteiger charge is -2.27. The molecule has 0 aliphatic carbocycles. The molecule has 216 valence electrons. The zero-order valence-corrected chi connectivity index (χ0v) is 24.1. The largest absolute Gasteiger partial charge is 0.489 e. The number of pyridine rings is 3. The minimum atomic E-state index is -0.975. The summed E-state index contributed by atoms with van der Waals surface area (Å²) in [5, 5.41) is 24.2. The third-order valence-electron chi connectivity index (χ3n) is 9.06. The van der Waals surface area contributed by atoms with Gasteiger partial charge in [0.25, 0.3) is 0 Å². The lowest BCUT2D eigenvalue weighted by molar-refractivity contribution is 0.0283. The van der Waals surface area contributed by atoms with Crippen LogP contribution in [0.4, 0.5) is 5.82 Å². The zero-order chi connectivity index (χ0) is 29.0. The van der Waals surface area contributed by atoms with E-state index in [0.717, 1.165) is 36.6 Å². The third-order valence-corrected chi connectivity index (χ3v) is 9.06. The van der Waals surface area contributed by atoms with Crippen LogP contribution in [0.1, 0.15) is 37.8 Å². The van der Waals surface area contributed by atoms with E-state index < -0.39 is 5.60 Å². The van der Waals surface area contributed by atoms with Gasteiger partial charge in [0.15, 0.2) is 0 Å². The molecule has 10 nitrogen and oxygen atoms in total. The van der Waals surface area contributed by atoms with Gasteiger partial charge in [-0.25, -0.2) is 14.5 Å². The Hall–Kier alpha value is -4.20. The molecular weight excluding hydrogens is 530 g/mol. The van der Waals surface area contributed by atoms with Crippen LogP contribution in [0.2, 0.25) is 0 Å². The van der Waals surface area contributed by atoms with E-state index in [4.69, 9.17) is 14.5 Å². The number of aliphatic hydroxyl groups is 1. The lowest BCUT2D eigenvalue weighted by Crippen LogP contribution is -2.35. The van der Waals surface area contributed by atoms with Crippen LogP contribution in [0, 0.1) is 23.2 Å². The highest BCUT2D eigenvalue weighted by molar-refractivity contribution is 5.85. The van der Waals surface area contributed by atoms with E-state index in [1.54, 1.807) is 37.9 Å². The number of anilines is 1. The molecule has 2 unspecified atom stereocenters. The molecular formula is C32H35N7O3. The van der Waals surface area contributed by atoms with Gasteiger partial charge in [-0.15, -0.1) is 0 Å². The second-order valence-corrected chi connectivity index (χ2v) is 12.4. The molecule has 42 heavy (non-hydrogen) atoms. The van der Waals surface area contributed by atoms with Gasteiger partial charge in [-0.05, 0) is 62.3 Å². The van der Waals surface area contributed by atoms with Crippen molar-refractivity contribution in [2.24, 2.45) is 11.8 Å². The Bertz CT molecular complexity index is 1620. The van der Waals surface area contributed by atoms with E-state index in [9.17, 15) is 10.4 Å². The van der Waals surface area contributed by atoms with E-state index in [0.29, 0.717) is 46.6 Å². The monoisotopic (exact) mass is 565 g/mol. The second-order valence-electron chi connectivity index (χ2n) is 12.4. The van der Waals surface area contributed by atoms with Crippen LogP contribution in [-0.2, 0) is 6.54 Å². The van der Waals surface area contributed by atoms with Crippen molar-refractivity contribution in [3.63, 3.8) is 0 Å². The Morgan fingerprint density at radius 3 is 2.45 bits per heavy atom. The molecule has 2 bridgehead atoms. The minimum Gasteiger partial charge on any atom is -0.489 e. The number of methoxy groups -OCH3 is 1. The number of ether oxygens (including phenoxy) is 2. The van der Waals surface area contributed by atoms with Crippen molar-refractivity contribution in [3.05, 3.63) is 66.2 Å². The molecule has 10 heteroatoms. The fourth-order valence-corrected chi connectivity index (χ4v) is 7.24. The normalized spacial score (nSPS) is 23.4. The minimum absolute atomic E-state index is 0.134. The maximum atomic E-state index is 10.1. The van der Waals surface area contributed by atoms with Crippen LogP contribution in [0.15, 0.2) is 55.1 Å². The van der Waals surface area contributed by atoms with E-state index in [2.05, 4.69) is 44.2 Å². The Balaban J connectivity index is 1.09. The molecule has 3 aliphatic heterocycles. The Labute approximate surface area is 245 Å². The SMILES string of the molecule is COc1ccc(CN2C3CCC2[C@@H]2CN(c4ccc(-c5cc(OCC(C)(C)O)cn6ncc(C#N)c56)cn4)C[C@H]32)cn1. The highest BCUT2D eigenvalue weighted by Crippen LogP contribution is 2.50. The smallest absolute Gasteiger partial charge is 0.212 e. The van der Waals surface area contributed by atoms with Crippen molar-refractivity contribution >= 4 is 11.3 Å². The summed E-state index contributed by atoms with van der Waals surface area (Å²) in [4.78, 5) is 14.5. The van der Waals surface area contributed by atoms with Crippen LogP contribution in [0.5, 0.6) is 11.6 Å². The molecule has 0 saturated carbocycles. The summed E-state index contributed by atoms with van der Waals surface area (Å²) >= 11 is 0. The fraction of sp³-hybridized carbons (Fsp3) is 0.438. The maximum absolute atomic E-state index is 10.1. The molecule has 3 saturated heterocycles. The molecule has 4 aromatic heterocycles. The first-order valence-electron chi connectivity index (χ1n) is 14.5. The number of rotatable bonds is 8. The third kappa shape index (κ3) is 4.72. The molecule has 1 N–H and O–H groups in total. The molecule has 0 amide bonds. The van der Waals surface area contributed by atoms with Crippen molar-refractivity contribution in [1.29, 1.82) is 5.26 Å². The maximum Gasteiger partial charge on any atom is 0.212 e. The molecule has 4 aromatic rings. The van der Waals surface area contributed by atoms with Gasteiger partial charge in [-0.1, -0.05) is 6.07 Å². The average Bonchev–Trinajstić information content (AvgIpc) is 3.77. The molecule has 0 radical (unpaired) electrons. The first-order chi connectivity index (χ1) is 20.3. The van der Waals surface area contributed by atoms with E-state index >= 15 is 0 Å². The molecule has 7 rings (SSSR count). The quantitative estimate of drug-likeness (QED) is 0.340. The van der Waals surface area contributed by atoms with Gasteiger partial charge in [0.1, 0.15) is 24.2 Å². The van der Waals surface area contributed by atoms with Gasteiger partial charge < -0.3 is 19.5 Å². The summed E-state index contributed by atoms with van der Waals surface area (Å²) < 4.78 is 12.8. The average molecular weight is 566 g/mol. The van der Waals surface area contributed by atoms with Crippen molar-refractivity contribution in [3.8, 4) is 28.8 Å². The predicted molar refractivity (Wildman–Crippen MR) is 157 cm³/mol. The molecule has 7 heterocycles. The van der Waals surface area contributed by atoms with Crippen LogP contribution < -0.4 is 14.4 Å². The number of nitriles is 1. The second kappa shape index (κ2) is 10.3. The highest BCUT2D eigenvalue weighted by atomic mass is 16.5. The molecule has 4 atom stereocenters. The predicted octanol–water partition coefficient (Wildman–Crippen LogP) is 3.92. The number of aromatic nitrogens is 4. The molecule has 0 aromatic carbocycles. The fourth-order valence-electron chi connectivity index (χ4n) is 7.24. The van der Waals surface area contributed by atoms with Gasteiger partial charge in [0.2, 0.25) is 5.88 Å². The van der Waals surface area contributed by atoms with Gasteiger partial charge >= 0.3 is 0 Å². The highest BCUT2D eigenvalue weighted by Gasteiger charge is 2.56.